The van der Waals surface area contributed by atoms with Gasteiger partial charge in [-0.1, -0.05) is 47.5 Å². The first-order valence-corrected chi connectivity index (χ1v) is 14.2. The molecule has 2 N–H and O–H groups in total. The first-order valence-electron chi connectivity index (χ1n) is 11.8. The van der Waals surface area contributed by atoms with Crippen LogP contribution in [0.5, 0.6) is 0 Å². The number of hydrogen-bond donors (Lipinski definition) is 2. The van der Waals surface area contributed by atoms with Gasteiger partial charge < -0.3 is 15.3 Å². The van der Waals surface area contributed by atoms with Gasteiger partial charge in [-0.15, -0.1) is 0 Å². The predicted octanol–water partition coefficient (Wildman–Crippen LogP) is 4.19. The van der Waals surface area contributed by atoms with Gasteiger partial charge in [-0.3, -0.25) is 14.7 Å². The topological polar surface area (TPSA) is 119 Å². The van der Waals surface area contributed by atoms with Crippen LogP contribution < -0.4 is 5.32 Å². The van der Waals surface area contributed by atoms with E-state index in [0.29, 0.717) is 61.9 Å². The third kappa shape index (κ3) is 7.67. The molecule has 1 aliphatic rings. The van der Waals surface area contributed by atoms with E-state index in [-0.39, 0.29) is 21.7 Å². The molecule has 0 bridgehead atoms. The van der Waals surface area contributed by atoms with Crippen molar-refractivity contribution in [1.82, 2.24) is 15.1 Å². The number of nitrogens with one attached hydrogen (secondary N) is 1. The second-order valence-corrected chi connectivity index (χ2v) is 11.6. The van der Waals surface area contributed by atoms with E-state index in [4.69, 9.17) is 23.2 Å². The number of benzene rings is 2. The number of sulfone groups is 1. The van der Waals surface area contributed by atoms with Crippen LogP contribution in [0.25, 0.3) is 0 Å². The number of nitrogens with zero attached hydrogens (tertiary/aromatic N) is 3. The van der Waals surface area contributed by atoms with Gasteiger partial charge in [0.2, 0.25) is 5.91 Å². The van der Waals surface area contributed by atoms with Crippen molar-refractivity contribution >= 4 is 50.9 Å². The summed E-state index contributed by atoms with van der Waals surface area (Å²) in [5.74, 6) is 0.169. The highest BCUT2D eigenvalue weighted by molar-refractivity contribution is 7.91. The fourth-order valence-corrected chi connectivity index (χ4v) is 5.89. The first kappa shape index (κ1) is 28.9. The van der Waals surface area contributed by atoms with Gasteiger partial charge in [0, 0.05) is 30.6 Å². The van der Waals surface area contributed by atoms with E-state index in [1.807, 2.05) is 24.3 Å². The molecule has 0 radical (unpaired) electrons. The van der Waals surface area contributed by atoms with Gasteiger partial charge in [0.25, 0.3) is 0 Å². The van der Waals surface area contributed by atoms with E-state index in [1.165, 1.54) is 17.0 Å². The molecule has 2 amide bonds. The molecule has 2 aromatic carbocycles. The molecule has 0 fully saturated rings. The van der Waals surface area contributed by atoms with Crippen LogP contribution in [0.4, 0.5) is 4.79 Å². The molecule has 0 aliphatic carbocycles. The molecule has 9 nitrogen and oxygen atoms in total. The Hall–Kier alpha value is -2.66. The number of hydrogen-bond acceptors (Lipinski definition) is 6. The highest BCUT2D eigenvalue weighted by Gasteiger charge is 2.24. The maximum Gasteiger partial charge on any atom is 0.413 e. The van der Waals surface area contributed by atoms with Crippen molar-refractivity contribution in [3.63, 3.8) is 0 Å². The number of aryl methyl sites for hydroxylation is 1. The summed E-state index contributed by atoms with van der Waals surface area (Å²) in [5, 5.41) is 12.7. The van der Waals surface area contributed by atoms with Crippen molar-refractivity contribution in [2.75, 3.05) is 32.6 Å². The van der Waals surface area contributed by atoms with Gasteiger partial charge >= 0.3 is 6.09 Å². The fraction of sp³-hybridized carbons (Fsp3) is 0.400. The van der Waals surface area contributed by atoms with Gasteiger partial charge in [-0.2, -0.15) is 0 Å². The molecule has 0 saturated heterocycles. The summed E-state index contributed by atoms with van der Waals surface area (Å²) in [6, 6.07) is 10.2. The minimum absolute atomic E-state index is 0.0164. The molecule has 0 aromatic heterocycles. The summed E-state index contributed by atoms with van der Waals surface area (Å²) in [6.07, 6.45) is 0.569. The van der Waals surface area contributed by atoms with E-state index >= 15 is 0 Å². The lowest BCUT2D eigenvalue weighted by molar-refractivity contribution is -0.130. The molecular formula is C25H30Cl2N4O5S. The molecule has 1 aliphatic heterocycles. The van der Waals surface area contributed by atoms with E-state index in [1.54, 1.807) is 18.9 Å². The lowest BCUT2D eigenvalue weighted by Gasteiger charge is -2.18. The number of carbonyl (C=O) groups excluding carboxylic acids is 1. The van der Waals surface area contributed by atoms with Crippen LogP contribution in [0.1, 0.15) is 36.0 Å². The van der Waals surface area contributed by atoms with Crippen molar-refractivity contribution in [1.29, 1.82) is 0 Å². The van der Waals surface area contributed by atoms with Crippen LogP contribution in [0.15, 0.2) is 46.3 Å². The number of unbranched alkanes of at least 4 members (excludes halogenated alkanes) is 1. The summed E-state index contributed by atoms with van der Waals surface area (Å²) < 4.78 is 25.2. The van der Waals surface area contributed by atoms with Crippen LogP contribution in [0.2, 0.25) is 10.0 Å². The maximum atomic E-state index is 12.6. The minimum Gasteiger partial charge on any atom is -0.465 e. The molecule has 0 atom stereocenters. The van der Waals surface area contributed by atoms with Crippen LogP contribution >= 0.6 is 23.2 Å². The number of carboxylic acid groups (broad SMARTS) is 1. The molecule has 0 spiro atoms. The number of carbonyl (C=O) groups is 2. The second kappa shape index (κ2) is 12.7. The Labute approximate surface area is 227 Å². The number of rotatable bonds is 11. The lowest BCUT2D eigenvalue weighted by Crippen LogP contribution is -2.33. The predicted molar refractivity (Wildman–Crippen MR) is 144 cm³/mol. The van der Waals surface area contributed by atoms with Gasteiger partial charge in [-0.05, 0) is 49.6 Å². The van der Waals surface area contributed by atoms with Gasteiger partial charge in [0.1, 0.15) is 11.7 Å². The van der Waals surface area contributed by atoms with Crippen molar-refractivity contribution in [2.45, 2.75) is 37.6 Å². The molecule has 37 heavy (non-hydrogen) atoms. The highest BCUT2D eigenvalue weighted by Crippen LogP contribution is 2.28. The van der Waals surface area contributed by atoms with Crippen molar-refractivity contribution in [3.05, 3.63) is 63.1 Å². The van der Waals surface area contributed by atoms with Gasteiger partial charge in [-0.25, -0.2) is 13.2 Å². The van der Waals surface area contributed by atoms with E-state index in [0.717, 1.165) is 11.1 Å². The molecule has 0 saturated carbocycles. The van der Waals surface area contributed by atoms with Crippen LogP contribution in [0.3, 0.4) is 0 Å². The Kier molecular flexibility index (Phi) is 9.94. The Balaban J connectivity index is 1.39. The number of halogens is 2. The summed E-state index contributed by atoms with van der Waals surface area (Å²) in [4.78, 5) is 31.0. The standard InChI is InChI=1S/C25H30Cl2N4O5S/c1-17-13-22(21(27)14-20(17)26)37(35,36)16-28-10-4-3-5-23(32)30(2)15-18-6-8-19(9-7-18)24-29-11-12-31(24)25(33)34/h6-9,13-14,28H,3-5,10-12,15-16H2,1-2H3,(H,33,34). The summed E-state index contributed by atoms with van der Waals surface area (Å²) >= 11 is 12.0. The average Bonchev–Trinajstić information content (AvgIpc) is 3.34. The summed E-state index contributed by atoms with van der Waals surface area (Å²) in [6.45, 7) is 3.38. The Morgan fingerprint density at radius 3 is 2.51 bits per heavy atom. The SMILES string of the molecule is Cc1cc(S(=O)(=O)CNCCCCC(=O)N(C)Cc2ccc(C3=NCCN3C(=O)O)cc2)c(Cl)cc1Cl. The van der Waals surface area contributed by atoms with Gasteiger partial charge in [0.05, 0.1) is 23.0 Å². The summed E-state index contributed by atoms with van der Waals surface area (Å²) in [5.41, 5.74) is 2.28. The normalized spacial score (nSPS) is 13.5. The average molecular weight is 570 g/mol. The molecule has 0 unspecified atom stereocenters. The molecular weight excluding hydrogens is 539 g/mol. The Bertz CT molecular complexity index is 1280. The van der Waals surface area contributed by atoms with Gasteiger partial charge in [0.15, 0.2) is 9.84 Å². The third-order valence-corrected chi connectivity index (χ3v) is 8.39. The lowest BCUT2D eigenvalue weighted by atomic mass is 10.1. The monoisotopic (exact) mass is 568 g/mol. The number of amides is 2. The molecule has 200 valence electrons. The Morgan fingerprint density at radius 2 is 1.84 bits per heavy atom. The first-order chi connectivity index (χ1) is 17.5. The largest absolute Gasteiger partial charge is 0.465 e. The van der Waals surface area contributed by atoms with E-state index in [2.05, 4.69) is 10.3 Å². The smallest absolute Gasteiger partial charge is 0.413 e. The quantitative estimate of drug-likeness (QED) is 0.392. The highest BCUT2D eigenvalue weighted by atomic mass is 35.5. The number of amidine groups is 1. The zero-order chi connectivity index (χ0) is 27.2. The van der Waals surface area contributed by atoms with Crippen molar-refractivity contribution in [2.24, 2.45) is 4.99 Å². The molecule has 1 heterocycles. The zero-order valence-corrected chi connectivity index (χ0v) is 23.0. The molecule has 3 rings (SSSR count). The molecule has 12 heteroatoms. The Morgan fingerprint density at radius 1 is 1.14 bits per heavy atom. The minimum atomic E-state index is -3.61. The summed E-state index contributed by atoms with van der Waals surface area (Å²) in [7, 11) is -1.89. The number of aliphatic imine (C=N–C) groups is 1. The van der Waals surface area contributed by atoms with E-state index in [9.17, 15) is 23.1 Å². The second-order valence-electron chi connectivity index (χ2n) is 8.83. The van der Waals surface area contributed by atoms with Crippen LogP contribution in [-0.4, -0.2) is 73.7 Å². The van der Waals surface area contributed by atoms with Crippen LogP contribution in [-0.2, 0) is 21.2 Å². The molecule has 2 aromatic rings. The maximum absolute atomic E-state index is 12.6. The third-order valence-electron chi connectivity index (χ3n) is 5.96. The van der Waals surface area contributed by atoms with Crippen LogP contribution in [0, 0.1) is 6.92 Å². The van der Waals surface area contributed by atoms with E-state index < -0.39 is 15.9 Å². The fourth-order valence-electron chi connectivity index (χ4n) is 3.87. The van der Waals surface area contributed by atoms with Crippen molar-refractivity contribution < 1.29 is 23.1 Å². The van der Waals surface area contributed by atoms with Crippen molar-refractivity contribution in [3.8, 4) is 0 Å². The zero-order valence-electron chi connectivity index (χ0n) is 20.7.